The van der Waals surface area contributed by atoms with E-state index >= 15 is 0 Å². The highest BCUT2D eigenvalue weighted by atomic mass is 32.2. The summed E-state index contributed by atoms with van der Waals surface area (Å²) in [4.78, 5) is 12.0. The SMILES string of the molecule is CS(C)=NC(=O)Nc1c2c(cc3c1CCC3)CCC2. The Balaban J connectivity index is 2.00. The van der Waals surface area contributed by atoms with Crippen molar-refractivity contribution in [2.45, 2.75) is 38.5 Å². The maximum Gasteiger partial charge on any atom is 0.351 e. The summed E-state index contributed by atoms with van der Waals surface area (Å²) in [5, 5.41) is 3.08. The molecule has 0 fully saturated rings. The van der Waals surface area contributed by atoms with Gasteiger partial charge >= 0.3 is 6.03 Å². The lowest BCUT2D eigenvalue weighted by molar-refractivity contribution is 0.260. The number of anilines is 1. The quantitative estimate of drug-likeness (QED) is 0.840. The highest BCUT2D eigenvalue weighted by Crippen LogP contribution is 2.38. The molecule has 0 atom stereocenters. The van der Waals surface area contributed by atoms with E-state index in [9.17, 15) is 4.79 Å². The third kappa shape index (κ3) is 2.46. The first-order chi connectivity index (χ1) is 9.15. The van der Waals surface area contributed by atoms with Crippen molar-refractivity contribution in [1.82, 2.24) is 0 Å². The number of benzene rings is 1. The lowest BCUT2D eigenvalue weighted by Gasteiger charge is -2.14. The van der Waals surface area contributed by atoms with E-state index in [1.165, 1.54) is 35.1 Å². The van der Waals surface area contributed by atoms with Crippen LogP contribution in [0.3, 0.4) is 0 Å². The Kier molecular flexibility index (Phi) is 3.44. The van der Waals surface area contributed by atoms with Crippen LogP contribution in [0.2, 0.25) is 0 Å². The fraction of sp³-hybridized carbons (Fsp3) is 0.533. The minimum atomic E-state index is -0.203. The zero-order chi connectivity index (χ0) is 13.4. The van der Waals surface area contributed by atoms with Gasteiger partial charge in [0.25, 0.3) is 0 Å². The van der Waals surface area contributed by atoms with Crippen molar-refractivity contribution in [3.63, 3.8) is 0 Å². The van der Waals surface area contributed by atoms with Crippen LogP contribution in [0, 0.1) is 0 Å². The predicted octanol–water partition coefficient (Wildman–Crippen LogP) is 3.26. The van der Waals surface area contributed by atoms with Gasteiger partial charge in [-0.2, -0.15) is 4.36 Å². The number of nitrogens with zero attached hydrogens (tertiary/aromatic N) is 1. The Bertz CT molecular complexity index is 542. The zero-order valence-corrected chi connectivity index (χ0v) is 12.4. The molecule has 2 aliphatic rings. The van der Waals surface area contributed by atoms with Gasteiger partial charge in [0.05, 0.1) is 0 Å². The largest absolute Gasteiger partial charge is 0.351 e. The van der Waals surface area contributed by atoms with Gasteiger partial charge in [-0.25, -0.2) is 4.79 Å². The molecule has 3 nitrogen and oxygen atoms in total. The number of amides is 2. The van der Waals surface area contributed by atoms with Gasteiger partial charge in [0.2, 0.25) is 0 Å². The molecule has 102 valence electrons. The molecule has 0 saturated carbocycles. The molecule has 0 aromatic heterocycles. The van der Waals surface area contributed by atoms with Crippen molar-refractivity contribution in [2.24, 2.45) is 4.36 Å². The smallest absolute Gasteiger partial charge is 0.305 e. The lowest BCUT2D eigenvalue weighted by Crippen LogP contribution is -2.12. The molecular weight excluding hydrogens is 256 g/mol. The molecule has 4 heteroatoms. The van der Waals surface area contributed by atoms with E-state index in [2.05, 4.69) is 15.7 Å². The number of fused-ring (bicyclic) bond motifs is 2. The minimum absolute atomic E-state index is 0.178. The first-order valence-corrected chi connectivity index (χ1v) is 8.92. The van der Waals surface area contributed by atoms with Crippen molar-refractivity contribution in [1.29, 1.82) is 0 Å². The van der Waals surface area contributed by atoms with Gasteiger partial charge in [-0.15, -0.1) is 0 Å². The lowest BCUT2D eigenvalue weighted by atomic mass is 9.99. The summed E-state index contributed by atoms with van der Waals surface area (Å²) in [5.41, 5.74) is 6.74. The molecule has 0 unspecified atom stereocenters. The Morgan fingerprint density at radius 3 is 2.21 bits per heavy atom. The van der Waals surface area contributed by atoms with Crippen LogP contribution in [0.5, 0.6) is 0 Å². The van der Waals surface area contributed by atoms with Crippen molar-refractivity contribution < 1.29 is 4.79 Å². The Morgan fingerprint density at radius 1 is 1.11 bits per heavy atom. The Morgan fingerprint density at radius 2 is 1.68 bits per heavy atom. The summed E-state index contributed by atoms with van der Waals surface area (Å²) in [6.07, 6.45) is 10.9. The molecule has 0 saturated heterocycles. The zero-order valence-electron chi connectivity index (χ0n) is 11.6. The number of carbonyl (C=O) groups excluding carboxylic acids is 1. The monoisotopic (exact) mass is 276 g/mol. The summed E-state index contributed by atoms with van der Waals surface area (Å²) in [6, 6.07) is 2.20. The number of urea groups is 1. The van der Waals surface area contributed by atoms with Crippen LogP contribution < -0.4 is 5.32 Å². The number of aryl methyl sites for hydroxylation is 2. The van der Waals surface area contributed by atoms with Gasteiger partial charge in [-0.05, 0) is 73.3 Å². The average molecular weight is 276 g/mol. The van der Waals surface area contributed by atoms with Crippen molar-refractivity contribution in [2.75, 3.05) is 17.8 Å². The van der Waals surface area contributed by atoms with Crippen LogP contribution >= 0.6 is 0 Å². The van der Waals surface area contributed by atoms with E-state index in [0.717, 1.165) is 31.4 Å². The fourth-order valence-electron chi connectivity index (χ4n) is 3.26. The van der Waals surface area contributed by atoms with Crippen LogP contribution in [-0.2, 0) is 36.4 Å². The summed E-state index contributed by atoms with van der Waals surface area (Å²) >= 11 is 0. The average Bonchev–Trinajstić information content (AvgIpc) is 2.94. The number of hydrogen-bond donors (Lipinski definition) is 1. The fourth-order valence-corrected chi connectivity index (χ4v) is 3.64. The van der Waals surface area contributed by atoms with Crippen LogP contribution in [0.4, 0.5) is 10.5 Å². The van der Waals surface area contributed by atoms with Crippen LogP contribution in [0.25, 0.3) is 0 Å². The summed E-state index contributed by atoms with van der Waals surface area (Å²) in [6.45, 7) is 0. The van der Waals surface area contributed by atoms with Gasteiger partial charge < -0.3 is 5.32 Å². The van der Waals surface area contributed by atoms with E-state index in [1.807, 2.05) is 12.5 Å². The molecule has 3 rings (SSSR count). The van der Waals surface area contributed by atoms with Gasteiger partial charge in [0, 0.05) is 5.69 Å². The molecule has 1 aromatic rings. The standard InChI is InChI=1S/C15H20N2OS/c1-19(2)17-15(18)16-14-12-7-3-5-10(12)9-11-6-4-8-13(11)14/h9H,3-8H2,1-2H3,(H,16,18). The third-order valence-electron chi connectivity index (χ3n) is 3.97. The number of rotatable bonds is 1. The van der Waals surface area contributed by atoms with Crippen molar-refractivity contribution in [3.05, 3.63) is 28.3 Å². The van der Waals surface area contributed by atoms with Gasteiger partial charge in [0.1, 0.15) is 0 Å². The second-order valence-corrected chi connectivity index (χ2v) is 7.26. The molecule has 1 N–H and O–H groups in total. The van der Waals surface area contributed by atoms with Crippen LogP contribution in [0.1, 0.15) is 35.1 Å². The third-order valence-corrected chi connectivity index (χ3v) is 4.50. The van der Waals surface area contributed by atoms with Gasteiger partial charge in [-0.1, -0.05) is 16.8 Å². The van der Waals surface area contributed by atoms with Crippen LogP contribution in [-0.4, -0.2) is 18.5 Å². The molecular formula is C15H20N2OS. The maximum atomic E-state index is 12.0. The normalized spacial score (nSPS) is 16.4. The Labute approximate surface area is 116 Å². The number of nitrogens with one attached hydrogen (secondary N) is 1. The molecule has 1 aromatic carbocycles. The molecule has 0 radical (unpaired) electrons. The maximum absolute atomic E-state index is 12.0. The predicted molar refractivity (Wildman–Crippen MR) is 81.2 cm³/mol. The molecule has 2 amide bonds. The molecule has 0 bridgehead atoms. The summed E-state index contributed by atoms with van der Waals surface area (Å²) in [5.74, 6) is 0. The minimum Gasteiger partial charge on any atom is -0.305 e. The van der Waals surface area contributed by atoms with Gasteiger partial charge in [0.15, 0.2) is 0 Å². The summed E-state index contributed by atoms with van der Waals surface area (Å²) in [7, 11) is -0.203. The van der Waals surface area contributed by atoms with Crippen molar-refractivity contribution in [3.8, 4) is 0 Å². The highest BCUT2D eigenvalue weighted by molar-refractivity contribution is 7.86. The summed E-state index contributed by atoms with van der Waals surface area (Å²) < 4.78 is 4.10. The second-order valence-electron chi connectivity index (χ2n) is 5.53. The molecule has 0 aliphatic heterocycles. The van der Waals surface area contributed by atoms with E-state index in [0.29, 0.717) is 0 Å². The topological polar surface area (TPSA) is 41.5 Å². The molecule has 19 heavy (non-hydrogen) atoms. The second kappa shape index (κ2) is 5.08. The highest BCUT2D eigenvalue weighted by Gasteiger charge is 2.24. The van der Waals surface area contributed by atoms with E-state index in [4.69, 9.17) is 0 Å². The molecule has 0 heterocycles. The van der Waals surface area contributed by atoms with Crippen LogP contribution in [0.15, 0.2) is 10.4 Å². The first kappa shape index (κ1) is 12.9. The first-order valence-electron chi connectivity index (χ1n) is 6.92. The molecule has 2 aliphatic carbocycles. The van der Waals surface area contributed by atoms with E-state index < -0.39 is 0 Å². The number of hydrogen-bond acceptors (Lipinski definition) is 1. The van der Waals surface area contributed by atoms with E-state index in [1.54, 1.807) is 0 Å². The number of carbonyl (C=O) groups is 1. The van der Waals surface area contributed by atoms with Gasteiger partial charge in [-0.3, -0.25) is 0 Å². The van der Waals surface area contributed by atoms with E-state index in [-0.39, 0.29) is 16.7 Å². The molecule has 0 spiro atoms. The Hall–Kier alpha value is -1.16. The van der Waals surface area contributed by atoms with Crippen molar-refractivity contribution >= 4 is 22.4 Å².